The Labute approximate surface area is 107 Å². The highest BCUT2D eigenvalue weighted by atomic mass is 16.3. The van der Waals surface area contributed by atoms with Crippen molar-refractivity contribution in [3.8, 4) is 0 Å². The highest BCUT2D eigenvalue weighted by Crippen LogP contribution is 2.10. The van der Waals surface area contributed by atoms with Gasteiger partial charge in [-0.2, -0.15) is 5.10 Å². The summed E-state index contributed by atoms with van der Waals surface area (Å²) in [6.45, 7) is 3.16. The third kappa shape index (κ3) is 3.68. The second kappa shape index (κ2) is 6.33. The molecular formula is C14H19N3O. The molecule has 2 N–H and O–H groups in total. The number of nitrogens with zero attached hydrogens (tertiary/aromatic N) is 2. The molecule has 96 valence electrons. The molecule has 1 heterocycles. The van der Waals surface area contributed by atoms with Crippen molar-refractivity contribution in [3.63, 3.8) is 0 Å². The van der Waals surface area contributed by atoms with Crippen LogP contribution in [0, 0.1) is 0 Å². The maximum absolute atomic E-state index is 9.89. The van der Waals surface area contributed by atoms with Crippen LogP contribution >= 0.6 is 0 Å². The zero-order valence-corrected chi connectivity index (χ0v) is 10.5. The fourth-order valence-electron chi connectivity index (χ4n) is 1.86. The third-order valence-corrected chi connectivity index (χ3v) is 2.92. The van der Waals surface area contributed by atoms with Crippen molar-refractivity contribution in [3.05, 3.63) is 54.4 Å². The van der Waals surface area contributed by atoms with Gasteiger partial charge < -0.3 is 10.4 Å². The molecule has 18 heavy (non-hydrogen) atoms. The molecule has 0 fully saturated rings. The molecule has 4 nitrogen and oxygen atoms in total. The van der Waals surface area contributed by atoms with Crippen molar-refractivity contribution >= 4 is 0 Å². The van der Waals surface area contributed by atoms with Crippen molar-refractivity contribution in [1.82, 2.24) is 15.1 Å². The quantitative estimate of drug-likeness (QED) is 0.812. The van der Waals surface area contributed by atoms with Gasteiger partial charge in [0, 0.05) is 25.0 Å². The van der Waals surface area contributed by atoms with Crippen LogP contribution in [0.25, 0.3) is 0 Å². The Kier molecular flexibility index (Phi) is 4.50. The maximum Gasteiger partial charge on any atom is 0.0860 e. The second-order valence-electron chi connectivity index (χ2n) is 4.42. The van der Waals surface area contributed by atoms with E-state index in [2.05, 4.69) is 29.5 Å². The Bertz CT molecular complexity index is 441. The monoisotopic (exact) mass is 245 g/mol. The van der Waals surface area contributed by atoms with Gasteiger partial charge in [-0.05, 0) is 18.6 Å². The number of aromatic nitrogens is 2. The minimum atomic E-state index is -0.434. The first-order chi connectivity index (χ1) is 8.75. The van der Waals surface area contributed by atoms with Crippen LogP contribution in [-0.4, -0.2) is 27.5 Å². The number of benzene rings is 1. The average molecular weight is 245 g/mol. The van der Waals surface area contributed by atoms with E-state index in [1.807, 2.05) is 30.5 Å². The Morgan fingerprint density at radius 1 is 1.28 bits per heavy atom. The van der Waals surface area contributed by atoms with Crippen LogP contribution in [0.15, 0.2) is 48.8 Å². The maximum atomic E-state index is 9.89. The lowest BCUT2D eigenvalue weighted by molar-refractivity contribution is 0.143. The first-order valence-electron chi connectivity index (χ1n) is 6.19. The molecule has 1 unspecified atom stereocenters. The normalized spacial score (nSPS) is 14.3. The predicted molar refractivity (Wildman–Crippen MR) is 71.1 cm³/mol. The number of aliphatic hydroxyl groups excluding tert-OH is 1. The van der Waals surface area contributed by atoms with Crippen molar-refractivity contribution in [2.24, 2.45) is 0 Å². The number of nitrogens with one attached hydrogen (secondary N) is 1. The van der Waals surface area contributed by atoms with E-state index in [0.29, 0.717) is 13.1 Å². The lowest BCUT2D eigenvalue weighted by Gasteiger charge is -2.17. The summed E-state index contributed by atoms with van der Waals surface area (Å²) in [5, 5.41) is 17.3. The van der Waals surface area contributed by atoms with Crippen LogP contribution in [0.4, 0.5) is 0 Å². The highest BCUT2D eigenvalue weighted by Gasteiger charge is 2.09. The van der Waals surface area contributed by atoms with E-state index in [-0.39, 0.29) is 6.04 Å². The van der Waals surface area contributed by atoms with Gasteiger partial charge in [0.25, 0.3) is 0 Å². The van der Waals surface area contributed by atoms with Crippen LogP contribution in [-0.2, 0) is 6.54 Å². The SMILES string of the molecule is C[C@H](NCC(O)Cn1cccn1)c1ccccc1. The molecule has 0 radical (unpaired) electrons. The fourth-order valence-corrected chi connectivity index (χ4v) is 1.86. The van der Waals surface area contributed by atoms with Gasteiger partial charge >= 0.3 is 0 Å². The number of hydrogen-bond donors (Lipinski definition) is 2. The van der Waals surface area contributed by atoms with E-state index >= 15 is 0 Å². The van der Waals surface area contributed by atoms with Gasteiger partial charge in [0.2, 0.25) is 0 Å². The molecule has 1 aromatic heterocycles. The molecule has 2 aromatic rings. The van der Waals surface area contributed by atoms with Gasteiger partial charge in [-0.3, -0.25) is 4.68 Å². The summed E-state index contributed by atoms with van der Waals surface area (Å²) < 4.78 is 1.74. The largest absolute Gasteiger partial charge is 0.390 e. The minimum absolute atomic E-state index is 0.235. The predicted octanol–water partition coefficient (Wildman–Crippen LogP) is 1.59. The summed E-state index contributed by atoms with van der Waals surface area (Å²) in [7, 11) is 0. The van der Waals surface area contributed by atoms with E-state index in [9.17, 15) is 5.11 Å². The lowest BCUT2D eigenvalue weighted by atomic mass is 10.1. The van der Waals surface area contributed by atoms with Crippen molar-refractivity contribution < 1.29 is 5.11 Å². The molecule has 0 aliphatic carbocycles. The van der Waals surface area contributed by atoms with E-state index in [4.69, 9.17) is 0 Å². The molecular weight excluding hydrogens is 226 g/mol. The molecule has 0 saturated heterocycles. The first-order valence-corrected chi connectivity index (χ1v) is 6.19. The number of hydrogen-bond acceptors (Lipinski definition) is 3. The fraction of sp³-hybridized carbons (Fsp3) is 0.357. The van der Waals surface area contributed by atoms with Gasteiger partial charge in [-0.15, -0.1) is 0 Å². The van der Waals surface area contributed by atoms with E-state index in [1.165, 1.54) is 5.56 Å². The van der Waals surface area contributed by atoms with Crippen molar-refractivity contribution in [2.45, 2.75) is 25.6 Å². The minimum Gasteiger partial charge on any atom is -0.390 e. The second-order valence-corrected chi connectivity index (χ2v) is 4.42. The summed E-state index contributed by atoms with van der Waals surface area (Å²) in [5.74, 6) is 0. The van der Waals surface area contributed by atoms with Crippen LogP contribution < -0.4 is 5.32 Å². The van der Waals surface area contributed by atoms with Gasteiger partial charge in [0.15, 0.2) is 0 Å². The summed E-state index contributed by atoms with van der Waals surface area (Å²) >= 11 is 0. The molecule has 0 amide bonds. The standard InChI is InChI=1S/C14H19N3O/c1-12(13-6-3-2-4-7-13)15-10-14(18)11-17-9-5-8-16-17/h2-9,12,14-15,18H,10-11H2,1H3/t12-,14?/m0/s1. The third-order valence-electron chi connectivity index (χ3n) is 2.92. The molecule has 0 saturated carbocycles. The van der Waals surface area contributed by atoms with E-state index in [1.54, 1.807) is 10.9 Å². The molecule has 2 atom stereocenters. The summed E-state index contributed by atoms with van der Waals surface area (Å²) in [5.41, 5.74) is 1.23. The van der Waals surface area contributed by atoms with E-state index < -0.39 is 6.10 Å². The first kappa shape index (κ1) is 12.8. The zero-order valence-electron chi connectivity index (χ0n) is 10.5. The van der Waals surface area contributed by atoms with Gasteiger partial charge in [0.05, 0.1) is 12.6 Å². The van der Waals surface area contributed by atoms with Crippen LogP contribution in [0.5, 0.6) is 0 Å². The molecule has 0 aliphatic heterocycles. The van der Waals surface area contributed by atoms with Crippen LogP contribution in [0.3, 0.4) is 0 Å². The molecule has 4 heteroatoms. The highest BCUT2D eigenvalue weighted by molar-refractivity contribution is 5.17. The average Bonchev–Trinajstić information content (AvgIpc) is 2.90. The number of aliphatic hydroxyl groups is 1. The topological polar surface area (TPSA) is 50.1 Å². The molecule has 0 aliphatic rings. The van der Waals surface area contributed by atoms with Gasteiger partial charge in [0.1, 0.15) is 0 Å². The molecule has 0 bridgehead atoms. The Morgan fingerprint density at radius 2 is 2.06 bits per heavy atom. The van der Waals surface area contributed by atoms with Crippen molar-refractivity contribution in [2.75, 3.05) is 6.54 Å². The molecule has 1 aromatic carbocycles. The summed E-state index contributed by atoms with van der Waals surface area (Å²) in [6.07, 6.45) is 3.13. The molecule has 2 rings (SSSR count). The Hall–Kier alpha value is -1.65. The number of rotatable bonds is 6. The summed E-state index contributed by atoms with van der Waals surface area (Å²) in [4.78, 5) is 0. The Balaban J connectivity index is 1.77. The molecule has 0 spiro atoms. The zero-order chi connectivity index (χ0) is 12.8. The summed E-state index contributed by atoms with van der Waals surface area (Å²) in [6, 6.07) is 12.3. The van der Waals surface area contributed by atoms with Gasteiger partial charge in [-0.1, -0.05) is 30.3 Å². The smallest absolute Gasteiger partial charge is 0.0860 e. The van der Waals surface area contributed by atoms with Crippen LogP contribution in [0.2, 0.25) is 0 Å². The van der Waals surface area contributed by atoms with Gasteiger partial charge in [-0.25, -0.2) is 0 Å². The lowest BCUT2D eigenvalue weighted by Crippen LogP contribution is -2.32. The Morgan fingerprint density at radius 3 is 2.72 bits per heavy atom. The van der Waals surface area contributed by atoms with Crippen LogP contribution in [0.1, 0.15) is 18.5 Å². The van der Waals surface area contributed by atoms with E-state index in [0.717, 1.165) is 0 Å². The van der Waals surface area contributed by atoms with Crippen molar-refractivity contribution in [1.29, 1.82) is 0 Å².